The van der Waals surface area contributed by atoms with Crippen LogP contribution in [0.3, 0.4) is 0 Å². The summed E-state index contributed by atoms with van der Waals surface area (Å²) in [5.74, 6) is 1.40. The van der Waals surface area contributed by atoms with Crippen LogP contribution in [-0.4, -0.2) is 52.8 Å². The molecule has 2 saturated heterocycles. The van der Waals surface area contributed by atoms with Gasteiger partial charge in [0.25, 0.3) is 0 Å². The first kappa shape index (κ1) is 17.3. The fourth-order valence-electron chi connectivity index (χ4n) is 3.48. The van der Waals surface area contributed by atoms with Crippen LogP contribution in [0.25, 0.3) is 0 Å². The van der Waals surface area contributed by atoms with Gasteiger partial charge in [0, 0.05) is 59.9 Å². The van der Waals surface area contributed by atoms with Gasteiger partial charge >= 0.3 is 6.03 Å². The Bertz CT molecular complexity index is 592. The summed E-state index contributed by atoms with van der Waals surface area (Å²) in [6, 6.07) is 8.23. The van der Waals surface area contributed by atoms with Gasteiger partial charge in [0.1, 0.15) is 0 Å². The van der Waals surface area contributed by atoms with Crippen molar-refractivity contribution in [2.75, 3.05) is 41.9 Å². The first-order valence-electron chi connectivity index (χ1n) is 8.87. The monoisotopic (exact) mass is 349 g/mol. The maximum atomic E-state index is 12.5. The number of urea groups is 1. The summed E-state index contributed by atoms with van der Waals surface area (Å²) in [6.07, 6.45) is 5.43. The van der Waals surface area contributed by atoms with E-state index in [1.807, 2.05) is 19.2 Å². The van der Waals surface area contributed by atoms with Gasteiger partial charge in [0.05, 0.1) is 0 Å². The van der Waals surface area contributed by atoms with Crippen LogP contribution in [0.15, 0.2) is 24.3 Å². The Morgan fingerprint density at radius 1 is 1.21 bits per heavy atom. The Balaban J connectivity index is 1.60. The molecular formula is C18H27N3O2S. The summed E-state index contributed by atoms with van der Waals surface area (Å²) in [6.45, 7) is 2.19. The van der Waals surface area contributed by atoms with E-state index in [0.717, 1.165) is 31.6 Å². The number of piperidine rings is 1. The van der Waals surface area contributed by atoms with E-state index in [2.05, 4.69) is 22.3 Å². The fourth-order valence-corrected chi connectivity index (χ4v) is 4.75. The first-order chi connectivity index (χ1) is 11.6. The molecule has 2 aliphatic heterocycles. The van der Waals surface area contributed by atoms with Crippen LogP contribution in [0.1, 0.15) is 32.1 Å². The number of hydrogen-bond donors (Lipinski definition) is 1. The fraction of sp³-hybridized carbons (Fsp3) is 0.611. The molecule has 24 heavy (non-hydrogen) atoms. The largest absolute Gasteiger partial charge is 0.371 e. The number of nitrogens with one attached hydrogen (secondary N) is 1. The van der Waals surface area contributed by atoms with Crippen LogP contribution in [-0.2, 0) is 10.8 Å². The summed E-state index contributed by atoms with van der Waals surface area (Å²) in [7, 11) is 1.14. The smallest absolute Gasteiger partial charge is 0.321 e. The number of carbonyl (C=O) groups is 1. The Kier molecular flexibility index (Phi) is 5.76. The van der Waals surface area contributed by atoms with Crippen molar-refractivity contribution >= 4 is 28.2 Å². The molecule has 1 aromatic rings. The maximum absolute atomic E-state index is 12.5. The van der Waals surface area contributed by atoms with E-state index < -0.39 is 10.8 Å². The normalized spacial score (nSPS) is 24.5. The van der Waals surface area contributed by atoms with Gasteiger partial charge < -0.3 is 15.1 Å². The number of benzene rings is 1. The summed E-state index contributed by atoms with van der Waals surface area (Å²) >= 11 is 0. The van der Waals surface area contributed by atoms with E-state index in [4.69, 9.17) is 0 Å². The van der Waals surface area contributed by atoms with Crippen LogP contribution < -0.4 is 10.2 Å². The molecule has 3 rings (SSSR count). The highest BCUT2D eigenvalue weighted by molar-refractivity contribution is 7.85. The predicted octanol–water partition coefficient (Wildman–Crippen LogP) is 3.05. The van der Waals surface area contributed by atoms with Crippen molar-refractivity contribution in [3.05, 3.63) is 24.3 Å². The Hall–Kier alpha value is -1.56. The van der Waals surface area contributed by atoms with Gasteiger partial charge in [-0.3, -0.25) is 4.21 Å². The second-order valence-electron chi connectivity index (χ2n) is 6.72. The molecule has 2 aliphatic rings. The zero-order chi connectivity index (χ0) is 16.9. The van der Waals surface area contributed by atoms with Crippen LogP contribution in [0.2, 0.25) is 0 Å². The highest BCUT2D eigenvalue weighted by atomic mass is 32.2. The Labute approximate surface area is 146 Å². The van der Waals surface area contributed by atoms with Gasteiger partial charge in [0.2, 0.25) is 0 Å². The van der Waals surface area contributed by atoms with Gasteiger partial charge in [-0.25, -0.2) is 4.79 Å². The molecule has 1 aromatic carbocycles. The van der Waals surface area contributed by atoms with E-state index in [-0.39, 0.29) is 12.1 Å². The van der Waals surface area contributed by atoms with Crippen molar-refractivity contribution in [3.63, 3.8) is 0 Å². The van der Waals surface area contributed by atoms with Crippen molar-refractivity contribution in [1.29, 1.82) is 0 Å². The molecule has 5 nitrogen and oxygen atoms in total. The van der Waals surface area contributed by atoms with Gasteiger partial charge in [-0.05, 0) is 50.3 Å². The summed E-state index contributed by atoms with van der Waals surface area (Å²) in [5.41, 5.74) is 2.03. The first-order valence-corrected chi connectivity index (χ1v) is 10.4. The lowest BCUT2D eigenvalue weighted by Crippen LogP contribution is -2.43. The zero-order valence-electron chi connectivity index (χ0n) is 14.4. The minimum atomic E-state index is -0.699. The van der Waals surface area contributed by atoms with Crippen molar-refractivity contribution in [2.24, 2.45) is 0 Å². The van der Waals surface area contributed by atoms with Gasteiger partial charge in [-0.1, -0.05) is 6.07 Å². The van der Waals surface area contributed by atoms with E-state index in [1.54, 1.807) is 4.90 Å². The average Bonchev–Trinajstić information content (AvgIpc) is 2.63. The highest BCUT2D eigenvalue weighted by Gasteiger charge is 2.24. The SMILES string of the molecule is CN(C(=O)Nc1cccc(N2CCCCC2)c1)C1CCS(=O)CC1. The zero-order valence-corrected chi connectivity index (χ0v) is 15.2. The second-order valence-corrected chi connectivity index (χ2v) is 8.41. The lowest BCUT2D eigenvalue weighted by Gasteiger charge is -2.31. The predicted molar refractivity (Wildman–Crippen MR) is 100 cm³/mol. The molecule has 0 bridgehead atoms. The lowest BCUT2D eigenvalue weighted by atomic mass is 10.1. The maximum Gasteiger partial charge on any atom is 0.321 e. The molecule has 0 saturated carbocycles. The summed E-state index contributed by atoms with van der Waals surface area (Å²) < 4.78 is 11.5. The molecule has 2 fully saturated rings. The quantitative estimate of drug-likeness (QED) is 0.912. The van der Waals surface area contributed by atoms with Gasteiger partial charge in [-0.2, -0.15) is 0 Å². The number of nitrogens with zero attached hydrogens (tertiary/aromatic N) is 2. The molecule has 6 heteroatoms. The molecule has 0 aliphatic carbocycles. The number of carbonyl (C=O) groups excluding carboxylic acids is 1. The third-order valence-corrected chi connectivity index (χ3v) is 6.43. The third-order valence-electron chi connectivity index (χ3n) is 5.04. The molecule has 0 radical (unpaired) electrons. The van der Waals surface area contributed by atoms with Crippen LogP contribution in [0.5, 0.6) is 0 Å². The van der Waals surface area contributed by atoms with Crippen molar-refractivity contribution in [1.82, 2.24) is 4.90 Å². The lowest BCUT2D eigenvalue weighted by molar-refractivity contribution is 0.199. The minimum Gasteiger partial charge on any atom is -0.371 e. The van der Waals surface area contributed by atoms with Crippen molar-refractivity contribution in [3.8, 4) is 0 Å². The number of anilines is 2. The summed E-state index contributed by atoms with van der Waals surface area (Å²) in [5, 5.41) is 3.01. The van der Waals surface area contributed by atoms with Crippen molar-refractivity contribution in [2.45, 2.75) is 38.1 Å². The molecule has 2 heterocycles. The van der Waals surface area contributed by atoms with Crippen molar-refractivity contribution < 1.29 is 9.00 Å². The van der Waals surface area contributed by atoms with Crippen LogP contribution in [0, 0.1) is 0 Å². The number of amides is 2. The Morgan fingerprint density at radius 3 is 2.62 bits per heavy atom. The van der Waals surface area contributed by atoms with Crippen LogP contribution in [0.4, 0.5) is 16.2 Å². The molecule has 0 aromatic heterocycles. The Morgan fingerprint density at radius 2 is 1.92 bits per heavy atom. The average molecular weight is 350 g/mol. The molecular weight excluding hydrogens is 322 g/mol. The van der Waals surface area contributed by atoms with Gasteiger partial charge in [-0.15, -0.1) is 0 Å². The molecule has 2 amide bonds. The second kappa shape index (κ2) is 8.01. The number of hydrogen-bond acceptors (Lipinski definition) is 3. The van der Waals surface area contributed by atoms with E-state index in [1.165, 1.54) is 24.9 Å². The van der Waals surface area contributed by atoms with Crippen LogP contribution >= 0.6 is 0 Å². The highest BCUT2D eigenvalue weighted by Crippen LogP contribution is 2.23. The van der Waals surface area contributed by atoms with Gasteiger partial charge in [0.15, 0.2) is 0 Å². The molecule has 0 spiro atoms. The topological polar surface area (TPSA) is 52.7 Å². The number of rotatable bonds is 3. The summed E-state index contributed by atoms with van der Waals surface area (Å²) in [4.78, 5) is 16.7. The van der Waals surface area contributed by atoms with E-state index in [9.17, 15) is 9.00 Å². The third kappa shape index (κ3) is 4.29. The molecule has 132 valence electrons. The minimum absolute atomic E-state index is 0.0801. The molecule has 0 unspecified atom stereocenters. The molecule has 0 atom stereocenters. The molecule has 1 N–H and O–H groups in total. The van der Waals surface area contributed by atoms with E-state index in [0.29, 0.717) is 11.5 Å². The van der Waals surface area contributed by atoms with E-state index >= 15 is 0 Å². The standard InChI is InChI=1S/C18H27N3O2S/c1-20(16-8-12-24(23)13-9-16)18(22)19-15-6-5-7-17(14-15)21-10-3-2-4-11-21/h5-7,14,16H,2-4,8-13H2,1H3,(H,19,22).